The van der Waals surface area contributed by atoms with Crippen LogP contribution in [0.5, 0.6) is 0 Å². The average molecular weight is 334 g/mol. The number of likely N-dealkylation sites (N-methyl/N-ethyl adjacent to an activating group) is 1. The number of H-pyrrole nitrogens is 1. The van der Waals surface area contributed by atoms with Gasteiger partial charge in [0.15, 0.2) is 0 Å². The fourth-order valence-corrected chi connectivity index (χ4v) is 3.30. The van der Waals surface area contributed by atoms with Crippen LogP contribution in [0.2, 0.25) is 0 Å². The van der Waals surface area contributed by atoms with Gasteiger partial charge in [-0.05, 0) is 43.7 Å². The van der Waals surface area contributed by atoms with Crippen LogP contribution in [0.3, 0.4) is 0 Å². The van der Waals surface area contributed by atoms with Gasteiger partial charge >= 0.3 is 0 Å². The van der Waals surface area contributed by atoms with E-state index >= 15 is 0 Å². The van der Waals surface area contributed by atoms with Crippen LogP contribution in [0, 0.1) is 0 Å². The maximum Gasteiger partial charge on any atom is 0.257 e. The molecule has 126 valence electrons. The van der Waals surface area contributed by atoms with Crippen molar-refractivity contribution in [2.24, 2.45) is 0 Å². The molecule has 1 aliphatic heterocycles. The highest BCUT2D eigenvalue weighted by atomic mass is 16.2. The second kappa shape index (κ2) is 5.17. The molecule has 0 saturated carbocycles. The maximum absolute atomic E-state index is 12.4. The van der Waals surface area contributed by atoms with Crippen LogP contribution in [0.25, 0.3) is 11.0 Å². The predicted octanol–water partition coefficient (Wildman–Crippen LogP) is 3.07. The van der Waals surface area contributed by atoms with Crippen molar-refractivity contribution < 1.29 is 9.59 Å². The molecule has 0 saturated heterocycles. The minimum atomic E-state index is -0.573. The minimum Gasteiger partial charge on any atom is -0.324 e. The van der Waals surface area contributed by atoms with E-state index in [2.05, 4.69) is 15.3 Å². The first kappa shape index (κ1) is 15.4. The molecule has 2 aromatic carbocycles. The van der Waals surface area contributed by atoms with Gasteiger partial charge in [-0.15, -0.1) is 0 Å². The van der Waals surface area contributed by atoms with E-state index in [-0.39, 0.29) is 11.8 Å². The number of aromatic nitrogens is 2. The highest BCUT2D eigenvalue weighted by molar-refractivity contribution is 6.09. The molecule has 0 unspecified atom stereocenters. The van der Waals surface area contributed by atoms with Crippen molar-refractivity contribution in [3.8, 4) is 0 Å². The Morgan fingerprint density at radius 3 is 2.64 bits per heavy atom. The van der Waals surface area contributed by atoms with E-state index in [0.717, 1.165) is 16.8 Å². The van der Waals surface area contributed by atoms with Crippen molar-refractivity contribution in [3.05, 3.63) is 53.6 Å². The summed E-state index contributed by atoms with van der Waals surface area (Å²) in [6.07, 6.45) is 0. The predicted molar refractivity (Wildman–Crippen MR) is 96.9 cm³/mol. The summed E-state index contributed by atoms with van der Waals surface area (Å²) in [5, 5.41) is 2.78. The molecular weight excluding hydrogens is 316 g/mol. The molecule has 0 aliphatic carbocycles. The summed E-state index contributed by atoms with van der Waals surface area (Å²) in [6, 6.07) is 12.8. The number of carbonyl (C=O) groups excluding carboxylic acids is 2. The SMILES string of the molecule is CN1C(=O)C(C)(C)c2cc3[nH]c(NC(=O)c4ccccc4)nc3cc21. The molecule has 1 aliphatic rings. The number of hydrogen-bond acceptors (Lipinski definition) is 3. The lowest BCUT2D eigenvalue weighted by Crippen LogP contribution is -2.33. The Morgan fingerprint density at radius 1 is 1.20 bits per heavy atom. The monoisotopic (exact) mass is 334 g/mol. The lowest BCUT2D eigenvalue weighted by molar-refractivity contribution is -0.121. The molecule has 6 heteroatoms. The number of nitrogens with one attached hydrogen (secondary N) is 2. The molecule has 25 heavy (non-hydrogen) atoms. The third-order valence-corrected chi connectivity index (χ3v) is 4.74. The van der Waals surface area contributed by atoms with Crippen molar-refractivity contribution in [1.29, 1.82) is 0 Å². The molecule has 0 fully saturated rings. The van der Waals surface area contributed by atoms with Crippen LogP contribution >= 0.6 is 0 Å². The van der Waals surface area contributed by atoms with Crippen molar-refractivity contribution >= 4 is 34.5 Å². The summed E-state index contributed by atoms with van der Waals surface area (Å²) in [7, 11) is 1.77. The van der Waals surface area contributed by atoms with E-state index in [1.807, 2.05) is 44.2 Å². The van der Waals surface area contributed by atoms with Gasteiger partial charge in [0.1, 0.15) is 0 Å². The summed E-state index contributed by atoms with van der Waals surface area (Å²) < 4.78 is 0. The molecule has 0 bridgehead atoms. The fraction of sp³-hybridized carbons (Fsp3) is 0.211. The van der Waals surface area contributed by atoms with E-state index < -0.39 is 5.41 Å². The number of rotatable bonds is 2. The molecule has 2 amide bonds. The van der Waals surface area contributed by atoms with Crippen LogP contribution in [0.4, 0.5) is 11.6 Å². The van der Waals surface area contributed by atoms with Crippen LogP contribution in [-0.4, -0.2) is 28.8 Å². The van der Waals surface area contributed by atoms with Crippen LogP contribution in [0.1, 0.15) is 29.8 Å². The zero-order chi connectivity index (χ0) is 17.8. The van der Waals surface area contributed by atoms with Gasteiger partial charge in [0, 0.05) is 18.3 Å². The van der Waals surface area contributed by atoms with Crippen LogP contribution < -0.4 is 10.2 Å². The van der Waals surface area contributed by atoms with E-state index in [1.54, 1.807) is 24.1 Å². The Balaban J connectivity index is 1.71. The number of benzene rings is 2. The second-order valence-corrected chi connectivity index (χ2v) is 6.78. The average Bonchev–Trinajstić information content (AvgIpc) is 3.07. The first-order chi connectivity index (χ1) is 11.9. The zero-order valence-electron chi connectivity index (χ0n) is 14.3. The lowest BCUT2D eigenvalue weighted by Gasteiger charge is -2.16. The molecule has 6 nitrogen and oxygen atoms in total. The smallest absolute Gasteiger partial charge is 0.257 e. The number of hydrogen-bond donors (Lipinski definition) is 2. The number of amides is 2. The Morgan fingerprint density at radius 2 is 1.92 bits per heavy atom. The zero-order valence-corrected chi connectivity index (χ0v) is 14.3. The van der Waals surface area contributed by atoms with Gasteiger partial charge in [0.2, 0.25) is 11.9 Å². The molecule has 0 spiro atoms. The Hall–Kier alpha value is -3.15. The van der Waals surface area contributed by atoms with Gasteiger partial charge in [-0.1, -0.05) is 18.2 Å². The molecule has 1 aromatic heterocycles. The standard InChI is InChI=1S/C19H18N4O2/c1-19(2)12-9-13-14(10-15(12)23(3)17(19)25)21-18(20-13)22-16(24)11-7-5-4-6-8-11/h4-10H,1-3H3,(H2,20,21,22,24). The van der Waals surface area contributed by atoms with Gasteiger partial charge < -0.3 is 9.88 Å². The van der Waals surface area contributed by atoms with E-state index in [0.29, 0.717) is 17.0 Å². The molecule has 0 atom stereocenters. The quantitative estimate of drug-likeness (QED) is 0.756. The van der Waals surface area contributed by atoms with E-state index in [1.165, 1.54) is 0 Å². The number of carbonyl (C=O) groups is 2. The number of imidazole rings is 1. The molecule has 2 heterocycles. The van der Waals surface area contributed by atoms with Gasteiger partial charge in [-0.25, -0.2) is 4.98 Å². The largest absolute Gasteiger partial charge is 0.324 e. The second-order valence-electron chi connectivity index (χ2n) is 6.78. The summed E-state index contributed by atoms with van der Waals surface area (Å²) >= 11 is 0. The van der Waals surface area contributed by atoms with Crippen molar-refractivity contribution in [1.82, 2.24) is 9.97 Å². The highest BCUT2D eigenvalue weighted by Gasteiger charge is 2.42. The molecule has 2 N–H and O–H groups in total. The normalized spacial score (nSPS) is 15.5. The summed E-state index contributed by atoms with van der Waals surface area (Å²) in [5.41, 5.74) is 3.30. The Bertz CT molecular complexity index is 1000. The number of nitrogens with zero attached hydrogens (tertiary/aromatic N) is 2. The van der Waals surface area contributed by atoms with Crippen LogP contribution in [0.15, 0.2) is 42.5 Å². The van der Waals surface area contributed by atoms with Gasteiger partial charge in [0.05, 0.1) is 16.4 Å². The summed E-state index contributed by atoms with van der Waals surface area (Å²) in [4.78, 5) is 33.9. The topological polar surface area (TPSA) is 78.1 Å². The van der Waals surface area contributed by atoms with E-state index in [4.69, 9.17) is 0 Å². The number of fused-ring (bicyclic) bond motifs is 2. The minimum absolute atomic E-state index is 0.0627. The molecule has 4 rings (SSSR count). The molecule has 3 aromatic rings. The maximum atomic E-state index is 12.4. The van der Waals surface area contributed by atoms with Crippen LogP contribution in [-0.2, 0) is 10.2 Å². The molecule has 0 radical (unpaired) electrons. The molecular formula is C19H18N4O2. The highest BCUT2D eigenvalue weighted by Crippen LogP contribution is 2.42. The first-order valence-electron chi connectivity index (χ1n) is 8.07. The fourth-order valence-electron chi connectivity index (χ4n) is 3.30. The first-order valence-corrected chi connectivity index (χ1v) is 8.07. The summed E-state index contributed by atoms with van der Waals surface area (Å²) in [6.45, 7) is 3.83. The summed E-state index contributed by atoms with van der Waals surface area (Å²) in [5.74, 6) is 0.229. The number of anilines is 2. The van der Waals surface area contributed by atoms with Crippen molar-refractivity contribution in [2.45, 2.75) is 19.3 Å². The van der Waals surface area contributed by atoms with Crippen molar-refractivity contribution in [2.75, 3.05) is 17.3 Å². The Kier molecular flexibility index (Phi) is 3.18. The van der Waals surface area contributed by atoms with Gasteiger partial charge in [-0.2, -0.15) is 0 Å². The van der Waals surface area contributed by atoms with Crippen molar-refractivity contribution in [3.63, 3.8) is 0 Å². The third kappa shape index (κ3) is 2.29. The number of aromatic amines is 1. The van der Waals surface area contributed by atoms with E-state index in [9.17, 15) is 9.59 Å². The Labute approximate surface area is 144 Å². The van der Waals surface area contributed by atoms with Gasteiger partial charge in [-0.3, -0.25) is 14.9 Å². The van der Waals surface area contributed by atoms with Gasteiger partial charge in [0.25, 0.3) is 5.91 Å². The third-order valence-electron chi connectivity index (χ3n) is 4.74. The lowest BCUT2D eigenvalue weighted by atomic mass is 9.86.